The molecule has 3 aromatic rings. The number of amides is 2. The van der Waals surface area contributed by atoms with Crippen molar-refractivity contribution in [3.63, 3.8) is 0 Å². The van der Waals surface area contributed by atoms with Crippen LogP contribution in [0.2, 0.25) is 5.15 Å². The van der Waals surface area contributed by atoms with E-state index in [4.69, 9.17) is 16.3 Å². The second-order valence-corrected chi connectivity index (χ2v) is 7.53. The highest BCUT2D eigenvalue weighted by Crippen LogP contribution is 2.25. The summed E-state index contributed by atoms with van der Waals surface area (Å²) in [4.78, 5) is 24.2. The van der Waals surface area contributed by atoms with Crippen LogP contribution in [-0.2, 0) is 10.0 Å². The number of sulfonamides is 1. The smallest absolute Gasteiger partial charge is 0.335 e. The Kier molecular flexibility index (Phi) is 4.49. The molecule has 0 atom stereocenters. The fourth-order valence-corrected chi connectivity index (χ4v) is 4.34. The predicted octanol–water partition coefficient (Wildman–Crippen LogP) is 1.67. The molecule has 0 saturated carbocycles. The first-order valence-corrected chi connectivity index (χ1v) is 9.39. The number of carbonyl (C=O) groups excluding carboxylic acids is 1. The molecule has 3 aromatic heterocycles. The molecule has 0 spiro atoms. The maximum Gasteiger partial charge on any atom is 0.335 e. The Morgan fingerprint density at radius 3 is 2.84 bits per heavy atom. The van der Waals surface area contributed by atoms with Gasteiger partial charge in [0.1, 0.15) is 0 Å². The highest BCUT2D eigenvalue weighted by molar-refractivity contribution is 7.90. The first kappa shape index (κ1) is 17.4. The standard InChI is InChI=1S/C12H11ClN6O4S2/c1-6-5-7(23-2)15-10(14-6)17-11(20)18-25(21,22)9-8(13)16-12-19(9)3-4-24-12/h3-5H,1-2H3,(H2,14,15,17,18,20). The Hall–Kier alpha value is -2.44. The molecule has 2 N–H and O–H groups in total. The largest absolute Gasteiger partial charge is 0.481 e. The summed E-state index contributed by atoms with van der Waals surface area (Å²) < 4.78 is 33.0. The molecule has 0 radical (unpaired) electrons. The van der Waals surface area contributed by atoms with E-state index in [1.54, 1.807) is 18.4 Å². The fourth-order valence-electron chi connectivity index (χ4n) is 1.98. The van der Waals surface area contributed by atoms with Crippen LogP contribution in [0.4, 0.5) is 10.7 Å². The molecule has 0 aromatic carbocycles. The van der Waals surface area contributed by atoms with Crippen molar-refractivity contribution in [3.8, 4) is 5.88 Å². The second-order valence-electron chi connectivity index (χ2n) is 4.70. The first-order chi connectivity index (χ1) is 11.8. The van der Waals surface area contributed by atoms with Crippen LogP contribution in [0.25, 0.3) is 4.96 Å². The predicted molar refractivity (Wildman–Crippen MR) is 90.7 cm³/mol. The lowest BCUT2D eigenvalue weighted by Crippen LogP contribution is -2.35. The zero-order chi connectivity index (χ0) is 18.2. The monoisotopic (exact) mass is 402 g/mol. The number of urea groups is 1. The van der Waals surface area contributed by atoms with E-state index < -0.39 is 16.1 Å². The van der Waals surface area contributed by atoms with Crippen molar-refractivity contribution in [2.75, 3.05) is 12.4 Å². The van der Waals surface area contributed by atoms with E-state index in [0.29, 0.717) is 10.7 Å². The summed E-state index contributed by atoms with van der Waals surface area (Å²) in [6, 6.07) is 0.507. The maximum atomic E-state index is 12.4. The van der Waals surface area contributed by atoms with Crippen LogP contribution >= 0.6 is 22.9 Å². The molecule has 0 aliphatic heterocycles. The van der Waals surface area contributed by atoms with Gasteiger partial charge in [-0.05, 0) is 6.92 Å². The van der Waals surface area contributed by atoms with Gasteiger partial charge in [0, 0.05) is 23.3 Å². The number of rotatable bonds is 4. The Bertz CT molecular complexity index is 1060. The van der Waals surface area contributed by atoms with Gasteiger partial charge in [0.2, 0.25) is 11.8 Å². The van der Waals surface area contributed by atoms with Crippen LogP contribution in [0, 0.1) is 6.92 Å². The lowest BCUT2D eigenvalue weighted by Gasteiger charge is -2.08. The minimum atomic E-state index is -4.26. The summed E-state index contributed by atoms with van der Waals surface area (Å²) in [6.07, 6.45) is 1.49. The highest BCUT2D eigenvalue weighted by atomic mass is 35.5. The van der Waals surface area contributed by atoms with Crippen molar-refractivity contribution in [1.29, 1.82) is 0 Å². The number of aryl methyl sites for hydroxylation is 1. The quantitative estimate of drug-likeness (QED) is 0.679. The van der Waals surface area contributed by atoms with E-state index in [0.717, 1.165) is 0 Å². The molecule has 0 bridgehead atoms. The van der Waals surface area contributed by atoms with E-state index in [-0.39, 0.29) is 22.0 Å². The number of aromatic nitrogens is 4. The van der Waals surface area contributed by atoms with E-state index in [1.165, 1.54) is 29.0 Å². The van der Waals surface area contributed by atoms with Crippen molar-refractivity contribution >= 4 is 49.9 Å². The van der Waals surface area contributed by atoms with Crippen molar-refractivity contribution in [2.45, 2.75) is 11.9 Å². The third kappa shape index (κ3) is 3.50. The van der Waals surface area contributed by atoms with Crippen LogP contribution < -0.4 is 14.8 Å². The number of thiazole rings is 1. The van der Waals surface area contributed by atoms with Crippen molar-refractivity contribution in [2.24, 2.45) is 0 Å². The number of carbonyl (C=O) groups is 1. The number of methoxy groups -OCH3 is 1. The third-order valence-electron chi connectivity index (χ3n) is 2.93. The van der Waals surface area contributed by atoms with Gasteiger partial charge in [-0.1, -0.05) is 11.6 Å². The van der Waals surface area contributed by atoms with E-state index in [9.17, 15) is 13.2 Å². The number of halogens is 1. The molecule has 0 unspecified atom stereocenters. The van der Waals surface area contributed by atoms with Gasteiger partial charge >= 0.3 is 6.03 Å². The van der Waals surface area contributed by atoms with Crippen LogP contribution in [-0.4, -0.2) is 40.9 Å². The van der Waals surface area contributed by atoms with Gasteiger partial charge in [0.05, 0.1) is 7.11 Å². The molecule has 0 saturated heterocycles. The van der Waals surface area contributed by atoms with Gasteiger partial charge in [-0.15, -0.1) is 11.3 Å². The van der Waals surface area contributed by atoms with Crippen molar-refractivity contribution < 1.29 is 17.9 Å². The SMILES string of the molecule is COc1cc(C)nc(NC(=O)NS(=O)(=O)c2c(Cl)nc3sccn23)n1. The molecule has 3 heterocycles. The summed E-state index contributed by atoms with van der Waals surface area (Å²) in [5.41, 5.74) is 0.531. The van der Waals surface area contributed by atoms with Gasteiger partial charge in [-0.25, -0.2) is 19.5 Å². The number of hydrogen-bond donors (Lipinski definition) is 2. The molecule has 132 valence electrons. The molecule has 25 heavy (non-hydrogen) atoms. The average Bonchev–Trinajstić information content (AvgIpc) is 3.04. The molecule has 0 aliphatic carbocycles. The minimum absolute atomic E-state index is 0.107. The normalized spacial score (nSPS) is 11.5. The third-order valence-corrected chi connectivity index (χ3v) is 5.41. The van der Waals surface area contributed by atoms with E-state index >= 15 is 0 Å². The topological polar surface area (TPSA) is 128 Å². The molecular weight excluding hydrogens is 392 g/mol. The van der Waals surface area contributed by atoms with E-state index in [2.05, 4.69) is 20.3 Å². The lowest BCUT2D eigenvalue weighted by atomic mass is 10.4. The summed E-state index contributed by atoms with van der Waals surface area (Å²) in [5.74, 6) is 0.120. The van der Waals surface area contributed by atoms with Crippen molar-refractivity contribution in [1.82, 2.24) is 24.1 Å². The molecule has 0 aliphatic rings. The number of hydrogen-bond acceptors (Lipinski definition) is 8. The minimum Gasteiger partial charge on any atom is -0.481 e. The second kappa shape index (κ2) is 6.46. The number of anilines is 1. The van der Waals surface area contributed by atoms with Crippen LogP contribution in [0.1, 0.15) is 5.69 Å². The number of nitrogens with zero attached hydrogens (tertiary/aromatic N) is 4. The van der Waals surface area contributed by atoms with E-state index in [1.807, 2.05) is 4.72 Å². The fraction of sp³-hybridized carbons (Fsp3) is 0.167. The van der Waals surface area contributed by atoms with Crippen LogP contribution in [0.5, 0.6) is 5.88 Å². The zero-order valence-electron chi connectivity index (χ0n) is 12.8. The Morgan fingerprint density at radius 2 is 2.12 bits per heavy atom. The molecule has 3 rings (SSSR count). The zero-order valence-corrected chi connectivity index (χ0v) is 15.2. The highest BCUT2D eigenvalue weighted by Gasteiger charge is 2.27. The summed E-state index contributed by atoms with van der Waals surface area (Å²) in [6.45, 7) is 1.67. The Morgan fingerprint density at radius 1 is 1.36 bits per heavy atom. The Balaban J connectivity index is 1.84. The van der Waals surface area contributed by atoms with Gasteiger partial charge in [-0.2, -0.15) is 13.4 Å². The first-order valence-electron chi connectivity index (χ1n) is 6.64. The van der Waals surface area contributed by atoms with Crippen LogP contribution in [0.15, 0.2) is 22.7 Å². The molecule has 13 heteroatoms. The summed E-state index contributed by atoms with van der Waals surface area (Å²) in [5, 5.41) is 3.31. The Labute approximate surface area is 150 Å². The molecule has 2 amide bonds. The summed E-state index contributed by atoms with van der Waals surface area (Å²) in [7, 11) is -2.86. The van der Waals surface area contributed by atoms with Gasteiger partial charge in [0.15, 0.2) is 15.1 Å². The number of imidazole rings is 1. The average molecular weight is 403 g/mol. The lowest BCUT2D eigenvalue weighted by molar-refractivity contribution is 0.256. The number of ether oxygens (including phenoxy) is 1. The summed E-state index contributed by atoms with van der Waals surface area (Å²) >= 11 is 7.09. The molecular formula is C12H11ClN6O4S2. The van der Waals surface area contributed by atoms with Crippen LogP contribution in [0.3, 0.4) is 0 Å². The van der Waals surface area contributed by atoms with Crippen molar-refractivity contribution in [3.05, 3.63) is 28.5 Å². The molecule has 10 nitrogen and oxygen atoms in total. The van der Waals surface area contributed by atoms with Gasteiger partial charge in [0.25, 0.3) is 10.0 Å². The number of nitrogens with one attached hydrogen (secondary N) is 2. The van der Waals surface area contributed by atoms with Gasteiger partial charge in [-0.3, -0.25) is 9.72 Å². The van der Waals surface area contributed by atoms with Gasteiger partial charge < -0.3 is 4.74 Å². The maximum absolute atomic E-state index is 12.4. The molecule has 0 fully saturated rings. The number of fused-ring (bicyclic) bond motifs is 1.